The van der Waals surface area contributed by atoms with E-state index in [9.17, 15) is 10.1 Å². The number of hydrogen-bond acceptors (Lipinski definition) is 4. The smallest absolute Gasteiger partial charge is 0.358 e. The van der Waals surface area contributed by atoms with E-state index in [2.05, 4.69) is 24.3 Å². The van der Waals surface area contributed by atoms with Gasteiger partial charge in [-0.2, -0.15) is 17.3 Å². The average Bonchev–Trinajstić information content (AvgIpc) is 2.52. The lowest BCUT2D eigenvalue weighted by atomic mass is 10.3. The molecule has 0 aliphatic heterocycles. The SMILES string of the molecule is C=C(CS)Cn1ccc([N+](=O)[O-])n1. The summed E-state index contributed by atoms with van der Waals surface area (Å²) in [4.78, 5) is 9.73. The van der Waals surface area contributed by atoms with Gasteiger partial charge >= 0.3 is 5.82 Å². The highest BCUT2D eigenvalue weighted by molar-refractivity contribution is 7.80. The maximum absolute atomic E-state index is 10.3. The molecule has 1 aromatic rings. The first kappa shape index (κ1) is 9.79. The van der Waals surface area contributed by atoms with Gasteiger partial charge in [0.2, 0.25) is 0 Å². The number of nitrogens with zero attached hydrogens (tertiary/aromatic N) is 3. The summed E-state index contributed by atoms with van der Waals surface area (Å²) in [5.74, 6) is 0.403. The molecule has 5 nitrogen and oxygen atoms in total. The van der Waals surface area contributed by atoms with E-state index in [1.54, 1.807) is 6.20 Å². The Morgan fingerprint density at radius 2 is 2.54 bits per heavy atom. The Bertz CT molecular complexity index is 334. The van der Waals surface area contributed by atoms with Crippen molar-refractivity contribution in [1.29, 1.82) is 0 Å². The molecule has 0 fully saturated rings. The first-order valence-electron chi connectivity index (χ1n) is 3.59. The van der Waals surface area contributed by atoms with Gasteiger partial charge in [-0.3, -0.25) is 0 Å². The van der Waals surface area contributed by atoms with E-state index in [0.29, 0.717) is 12.3 Å². The van der Waals surface area contributed by atoms with Gasteiger partial charge in [-0.15, -0.1) is 0 Å². The fourth-order valence-electron chi connectivity index (χ4n) is 0.816. The van der Waals surface area contributed by atoms with E-state index >= 15 is 0 Å². The third-order valence-electron chi connectivity index (χ3n) is 1.42. The third-order valence-corrected chi connectivity index (χ3v) is 1.87. The normalized spacial score (nSPS) is 9.92. The monoisotopic (exact) mass is 199 g/mol. The summed E-state index contributed by atoms with van der Waals surface area (Å²) < 4.78 is 1.47. The summed E-state index contributed by atoms with van der Waals surface area (Å²) in [5.41, 5.74) is 0.862. The molecule has 0 saturated carbocycles. The second kappa shape index (κ2) is 4.08. The van der Waals surface area contributed by atoms with Crippen LogP contribution in [0.1, 0.15) is 0 Å². The van der Waals surface area contributed by atoms with Crippen LogP contribution < -0.4 is 0 Å². The van der Waals surface area contributed by atoms with Crippen molar-refractivity contribution >= 4 is 18.4 Å². The van der Waals surface area contributed by atoms with Gasteiger partial charge in [-0.1, -0.05) is 6.58 Å². The van der Waals surface area contributed by atoms with Crippen LogP contribution in [0.2, 0.25) is 0 Å². The summed E-state index contributed by atoms with van der Waals surface area (Å²) >= 11 is 4.02. The van der Waals surface area contributed by atoms with Crippen molar-refractivity contribution < 1.29 is 4.92 Å². The molecule has 70 valence electrons. The third kappa shape index (κ3) is 2.59. The minimum Gasteiger partial charge on any atom is -0.358 e. The molecule has 1 heterocycles. The number of nitro groups is 1. The lowest BCUT2D eigenvalue weighted by molar-refractivity contribution is -0.389. The van der Waals surface area contributed by atoms with Crippen LogP contribution in [-0.2, 0) is 6.54 Å². The Hall–Kier alpha value is -1.30. The molecule has 0 bridgehead atoms. The second-order valence-corrected chi connectivity index (χ2v) is 2.85. The predicted molar refractivity (Wildman–Crippen MR) is 51.9 cm³/mol. The summed E-state index contributed by atoms with van der Waals surface area (Å²) in [6.45, 7) is 4.19. The topological polar surface area (TPSA) is 61.0 Å². The first-order chi connectivity index (χ1) is 6.13. The highest BCUT2D eigenvalue weighted by atomic mass is 32.1. The second-order valence-electron chi connectivity index (χ2n) is 2.54. The molecular weight excluding hydrogens is 190 g/mol. The highest BCUT2D eigenvalue weighted by Gasteiger charge is 2.10. The van der Waals surface area contributed by atoms with Crippen molar-refractivity contribution in [2.24, 2.45) is 0 Å². The van der Waals surface area contributed by atoms with Gasteiger partial charge in [0.05, 0.1) is 23.9 Å². The van der Waals surface area contributed by atoms with Crippen LogP contribution in [0.4, 0.5) is 5.82 Å². The lowest BCUT2D eigenvalue weighted by Gasteiger charge is -1.96. The average molecular weight is 199 g/mol. The minimum absolute atomic E-state index is 0.146. The van der Waals surface area contributed by atoms with Crippen molar-refractivity contribution in [3.63, 3.8) is 0 Å². The predicted octanol–water partition coefficient (Wildman–Crippen LogP) is 1.28. The van der Waals surface area contributed by atoms with Crippen LogP contribution in [0.5, 0.6) is 0 Å². The summed E-state index contributed by atoms with van der Waals surface area (Å²) in [6.07, 6.45) is 1.55. The zero-order chi connectivity index (χ0) is 9.84. The van der Waals surface area contributed by atoms with Crippen molar-refractivity contribution in [3.8, 4) is 0 Å². The summed E-state index contributed by atoms with van der Waals surface area (Å²) in [7, 11) is 0. The zero-order valence-corrected chi connectivity index (χ0v) is 7.78. The number of hydrogen-bond donors (Lipinski definition) is 1. The molecule has 1 rings (SSSR count). The van der Waals surface area contributed by atoms with Gasteiger partial charge in [0.1, 0.15) is 0 Å². The molecule has 0 amide bonds. The Balaban J connectivity index is 2.69. The van der Waals surface area contributed by atoms with E-state index in [-0.39, 0.29) is 5.82 Å². The number of thiol groups is 1. The molecule has 13 heavy (non-hydrogen) atoms. The van der Waals surface area contributed by atoms with Crippen LogP contribution in [0, 0.1) is 10.1 Å². The molecule has 0 N–H and O–H groups in total. The summed E-state index contributed by atoms with van der Waals surface area (Å²) in [5, 5.41) is 14.0. The maximum Gasteiger partial charge on any atom is 0.389 e. The van der Waals surface area contributed by atoms with Gasteiger partial charge in [-0.05, 0) is 10.5 Å². The Kier molecular flexibility index (Phi) is 3.07. The maximum atomic E-state index is 10.3. The van der Waals surface area contributed by atoms with E-state index in [1.165, 1.54) is 10.7 Å². The van der Waals surface area contributed by atoms with Gasteiger partial charge in [-0.25, -0.2) is 0 Å². The van der Waals surface area contributed by atoms with Crippen LogP contribution in [0.15, 0.2) is 24.4 Å². The fourth-order valence-corrected chi connectivity index (χ4v) is 0.916. The molecular formula is C7H9N3O2S. The van der Waals surface area contributed by atoms with Crippen LogP contribution in [0.25, 0.3) is 0 Å². The fraction of sp³-hybridized carbons (Fsp3) is 0.286. The van der Waals surface area contributed by atoms with Gasteiger partial charge in [0, 0.05) is 5.75 Å². The molecule has 0 atom stereocenters. The standard InChI is InChI=1S/C7H9N3O2S/c1-6(5-13)4-9-3-2-7(8-9)10(11)12/h2-3,13H,1,4-5H2. The quantitative estimate of drug-likeness (QED) is 0.344. The van der Waals surface area contributed by atoms with E-state index < -0.39 is 4.92 Å². The van der Waals surface area contributed by atoms with Crippen molar-refractivity contribution in [1.82, 2.24) is 9.78 Å². The zero-order valence-electron chi connectivity index (χ0n) is 6.88. The minimum atomic E-state index is -0.528. The summed E-state index contributed by atoms with van der Waals surface area (Å²) in [6, 6.07) is 1.35. The van der Waals surface area contributed by atoms with Crippen LogP contribution in [0.3, 0.4) is 0 Å². The number of rotatable bonds is 4. The van der Waals surface area contributed by atoms with E-state index in [0.717, 1.165) is 5.57 Å². The molecule has 0 saturated heterocycles. The van der Waals surface area contributed by atoms with E-state index in [4.69, 9.17) is 0 Å². The molecule has 0 radical (unpaired) electrons. The lowest BCUT2D eigenvalue weighted by Crippen LogP contribution is -2.02. The molecule has 0 aromatic carbocycles. The van der Waals surface area contributed by atoms with Crippen LogP contribution in [-0.4, -0.2) is 20.5 Å². The first-order valence-corrected chi connectivity index (χ1v) is 4.22. The van der Waals surface area contributed by atoms with Gasteiger partial charge < -0.3 is 10.1 Å². The Labute approximate surface area is 80.6 Å². The van der Waals surface area contributed by atoms with E-state index in [1.807, 2.05) is 0 Å². The molecule has 0 aliphatic rings. The number of aromatic nitrogens is 2. The molecule has 0 aliphatic carbocycles. The Morgan fingerprint density at radius 1 is 1.85 bits per heavy atom. The molecule has 0 unspecified atom stereocenters. The highest BCUT2D eigenvalue weighted by Crippen LogP contribution is 2.07. The molecule has 1 aromatic heterocycles. The van der Waals surface area contributed by atoms with Crippen molar-refractivity contribution in [2.45, 2.75) is 6.54 Å². The van der Waals surface area contributed by atoms with Gasteiger partial charge in [0.15, 0.2) is 0 Å². The van der Waals surface area contributed by atoms with Crippen LogP contribution >= 0.6 is 12.6 Å². The van der Waals surface area contributed by atoms with Crippen molar-refractivity contribution in [2.75, 3.05) is 5.75 Å². The Morgan fingerprint density at radius 3 is 3.00 bits per heavy atom. The van der Waals surface area contributed by atoms with Crippen molar-refractivity contribution in [3.05, 3.63) is 34.5 Å². The molecule has 6 heteroatoms. The molecule has 0 spiro atoms. The largest absolute Gasteiger partial charge is 0.389 e. The van der Waals surface area contributed by atoms with Gasteiger partial charge in [0.25, 0.3) is 0 Å².